The molecule has 32 heavy (non-hydrogen) atoms. The maximum absolute atomic E-state index is 12.8. The normalized spacial score (nSPS) is 25.5. The van der Waals surface area contributed by atoms with Gasteiger partial charge in [0, 0.05) is 23.8 Å². The van der Waals surface area contributed by atoms with Gasteiger partial charge in [-0.15, -0.1) is 0 Å². The van der Waals surface area contributed by atoms with Crippen molar-refractivity contribution in [2.45, 2.75) is 30.7 Å². The SMILES string of the molecule is O=C(O)C1OC(Oc2cc(O)cc3oc(-c4ccc(O)cc4)cc(=O)c23)C(O)C(O)C1O. The van der Waals surface area contributed by atoms with Crippen LogP contribution in [0.1, 0.15) is 0 Å². The fraction of sp³-hybridized carbons (Fsp3) is 0.238. The lowest BCUT2D eigenvalue weighted by atomic mass is 9.99. The number of fused-ring (bicyclic) bond motifs is 1. The van der Waals surface area contributed by atoms with Crippen LogP contribution >= 0.6 is 0 Å². The molecular weight excluding hydrogens is 428 g/mol. The Labute approximate surface area is 178 Å². The zero-order valence-electron chi connectivity index (χ0n) is 16.2. The van der Waals surface area contributed by atoms with Gasteiger partial charge in [0.2, 0.25) is 6.29 Å². The first-order chi connectivity index (χ1) is 15.2. The zero-order valence-corrected chi connectivity index (χ0v) is 16.2. The van der Waals surface area contributed by atoms with E-state index in [1.807, 2.05) is 0 Å². The van der Waals surface area contributed by atoms with E-state index in [-0.39, 0.29) is 34.0 Å². The second-order valence-electron chi connectivity index (χ2n) is 7.19. The Kier molecular flexibility index (Phi) is 5.48. The van der Waals surface area contributed by atoms with Crippen LogP contribution in [0.3, 0.4) is 0 Å². The molecule has 5 unspecified atom stereocenters. The topological polar surface area (TPSA) is 187 Å². The summed E-state index contributed by atoms with van der Waals surface area (Å²) >= 11 is 0. The predicted molar refractivity (Wildman–Crippen MR) is 106 cm³/mol. The van der Waals surface area contributed by atoms with E-state index < -0.39 is 42.1 Å². The van der Waals surface area contributed by atoms with E-state index >= 15 is 0 Å². The summed E-state index contributed by atoms with van der Waals surface area (Å²) in [5.74, 6) is -2.13. The molecule has 1 aromatic heterocycles. The van der Waals surface area contributed by atoms with Gasteiger partial charge in [-0.1, -0.05) is 0 Å². The molecule has 0 saturated carbocycles. The number of aliphatic hydroxyl groups excluding tert-OH is 3. The molecule has 1 aliphatic heterocycles. The van der Waals surface area contributed by atoms with E-state index in [1.54, 1.807) is 0 Å². The third-order valence-corrected chi connectivity index (χ3v) is 4.99. The zero-order chi connectivity index (χ0) is 23.2. The van der Waals surface area contributed by atoms with Gasteiger partial charge < -0.3 is 44.5 Å². The Hall–Kier alpha value is -3.64. The first kappa shape index (κ1) is 21.6. The average molecular weight is 446 g/mol. The fourth-order valence-corrected chi connectivity index (χ4v) is 3.37. The van der Waals surface area contributed by atoms with E-state index in [9.17, 15) is 35.1 Å². The van der Waals surface area contributed by atoms with Gasteiger partial charge in [0.1, 0.15) is 52.3 Å². The highest BCUT2D eigenvalue weighted by Crippen LogP contribution is 2.34. The van der Waals surface area contributed by atoms with E-state index in [0.717, 1.165) is 18.2 Å². The van der Waals surface area contributed by atoms with Crippen LogP contribution < -0.4 is 10.2 Å². The largest absolute Gasteiger partial charge is 0.508 e. The molecule has 5 atom stereocenters. The number of rotatable bonds is 4. The fourth-order valence-electron chi connectivity index (χ4n) is 3.37. The lowest BCUT2D eigenvalue weighted by molar-refractivity contribution is -0.270. The predicted octanol–water partition coefficient (Wildman–Crippen LogP) is 0.142. The van der Waals surface area contributed by atoms with Crippen molar-refractivity contribution in [2.75, 3.05) is 0 Å². The van der Waals surface area contributed by atoms with Gasteiger partial charge in [-0.2, -0.15) is 0 Å². The number of benzene rings is 2. The number of aromatic hydroxyl groups is 2. The van der Waals surface area contributed by atoms with Gasteiger partial charge in [0.15, 0.2) is 11.5 Å². The molecule has 0 aliphatic carbocycles. The number of hydrogen-bond acceptors (Lipinski definition) is 10. The van der Waals surface area contributed by atoms with Crippen LogP contribution in [0.15, 0.2) is 51.7 Å². The third-order valence-electron chi connectivity index (χ3n) is 4.99. The van der Waals surface area contributed by atoms with E-state index in [0.29, 0.717) is 5.56 Å². The average Bonchev–Trinajstić information content (AvgIpc) is 2.73. The van der Waals surface area contributed by atoms with E-state index in [4.69, 9.17) is 19.0 Å². The Bertz CT molecular complexity index is 1220. The molecule has 1 saturated heterocycles. The Morgan fingerprint density at radius 2 is 1.59 bits per heavy atom. The van der Waals surface area contributed by atoms with Crippen LogP contribution in [0.2, 0.25) is 0 Å². The minimum atomic E-state index is -1.92. The Balaban J connectivity index is 1.75. The molecule has 0 bridgehead atoms. The minimum absolute atomic E-state index is 0.0169. The van der Waals surface area contributed by atoms with Gasteiger partial charge in [-0.3, -0.25) is 4.79 Å². The van der Waals surface area contributed by atoms with Gasteiger partial charge in [0.25, 0.3) is 0 Å². The summed E-state index contributed by atoms with van der Waals surface area (Å²) in [6.07, 6.45) is -9.37. The van der Waals surface area contributed by atoms with Gasteiger partial charge in [0.05, 0.1) is 0 Å². The monoisotopic (exact) mass is 446 g/mol. The summed E-state index contributed by atoms with van der Waals surface area (Å²) in [6.45, 7) is 0. The summed E-state index contributed by atoms with van der Waals surface area (Å²) in [4.78, 5) is 24.1. The van der Waals surface area contributed by atoms with Crippen molar-refractivity contribution in [1.29, 1.82) is 0 Å². The van der Waals surface area contributed by atoms with E-state index in [2.05, 4.69) is 0 Å². The first-order valence-corrected chi connectivity index (χ1v) is 9.35. The Morgan fingerprint density at radius 3 is 2.25 bits per heavy atom. The summed E-state index contributed by atoms with van der Waals surface area (Å²) < 4.78 is 16.2. The van der Waals surface area contributed by atoms with Crippen LogP contribution in [0, 0.1) is 0 Å². The highest BCUT2D eigenvalue weighted by molar-refractivity contribution is 5.86. The molecular formula is C21H18O11. The number of hydrogen-bond donors (Lipinski definition) is 6. The number of ether oxygens (including phenoxy) is 2. The number of phenols is 2. The summed E-state index contributed by atoms with van der Waals surface area (Å²) in [7, 11) is 0. The molecule has 1 aliphatic rings. The maximum atomic E-state index is 12.8. The summed E-state index contributed by atoms with van der Waals surface area (Å²) in [5, 5.41) is 58.4. The molecule has 0 amide bonds. The second-order valence-corrected chi connectivity index (χ2v) is 7.19. The second kappa shape index (κ2) is 8.13. The van der Waals surface area contributed by atoms with Crippen molar-refractivity contribution in [1.82, 2.24) is 0 Å². The Morgan fingerprint density at radius 1 is 0.906 bits per heavy atom. The maximum Gasteiger partial charge on any atom is 0.335 e. The first-order valence-electron chi connectivity index (χ1n) is 9.35. The van der Waals surface area contributed by atoms with Crippen LogP contribution in [-0.4, -0.2) is 67.3 Å². The standard InChI is InChI=1S/C21H18O11/c22-9-3-1-8(2-4-9)12-7-11(24)15-13(30-12)5-10(23)6-14(15)31-21-18(27)16(25)17(26)19(32-21)20(28)29/h1-7,16-19,21-23,25-27H,(H,28,29). The van der Waals surface area contributed by atoms with Crippen molar-refractivity contribution in [3.05, 3.63) is 52.7 Å². The van der Waals surface area contributed by atoms with Gasteiger partial charge >= 0.3 is 5.97 Å². The van der Waals surface area contributed by atoms with Crippen LogP contribution in [-0.2, 0) is 9.53 Å². The van der Waals surface area contributed by atoms with Gasteiger partial charge in [-0.25, -0.2) is 4.79 Å². The quantitative estimate of drug-likeness (QED) is 0.320. The molecule has 6 N–H and O–H groups in total. The lowest BCUT2D eigenvalue weighted by Crippen LogP contribution is -2.61. The van der Waals surface area contributed by atoms with Crippen molar-refractivity contribution in [3.63, 3.8) is 0 Å². The number of carboxylic acids is 1. The van der Waals surface area contributed by atoms with Crippen molar-refractivity contribution < 1.29 is 49.3 Å². The number of aliphatic carboxylic acids is 1. The number of phenolic OH excluding ortho intramolecular Hbond substituents is 2. The molecule has 2 aromatic carbocycles. The molecule has 168 valence electrons. The molecule has 0 spiro atoms. The van der Waals surface area contributed by atoms with Crippen molar-refractivity contribution in [3.8, 4) is 28.6 Å². The number of aliphatic hydroxyl groups is 3. The third kappa shape index (κ3) is 3.85. The summed E-state index contributed by atoms with van der Waals surface area (Å²) in [6, 6.07) is 9.17. The smallest absolute Gasteiger partial charge is 0.335 e. The lowest BCUT2D eigenvalue weighted by Gasteiger charge is -2.38. The van der Waals surface area contributed by atoms with Crippen LogP contribution in [0.4, 0.5) is 0 Å². The molecule has 0 radical (unpaired) electrons. The van der Waals surface area contributed by atoms with Crippen molar-refractivity contribution in [2.24, 2.45) is 0 Å². The minimum Gasteiger partial charge on any atom is -0.508 e. The van der Waals surface area contributed by atoms with Gasteiger partial charge in [-0.05, 0) is 24.3 Å². The molecule has 4 rings (SSSR count). The molecule has 11 nitrogen and oxygen atoms in total. The molecule has 3 aromatic rings. The van der Waals surface area contributed by atoms with E-state index in [1.165, 1.54) is 24.3 Å². The number of carboxylic acid groups (broad SMARTS) is 1. The van der Waals surface area contributed by atoms with Crippen LogP contribution in [0.5, 0.6) is 17.2 Å². The molecule has 2 heterocycles. The number of carbonyl (C=O) groups is 1. The van der Waals surface area contributed by atoms with Crippen molar-refractivity contribution >= 4 is 16.9 Å². The summed E-state index contributed by atoms with van der Waals surface area (Å²) in [5.41, 5.74) is -0.207. The highest BCUT2D eigenvalue weighted by Gasteiger charge is 2.48. The highest BCUT2D eigenvalue weighted by atomic mass is 16.7. The van der Waals surface area contributed by atoms with Crippen LogP contribution in [0.25, 0.3) is 22.3 Å². The molecule has 1 fully saturated rings. The molecule has 11 heteroatoms.